The third kappa shape index (κ3) is 4.62. The molecule has 0 saturated heterocycles. The van der Waals surface area contributed by atoms with Crippen molar-refractivity contribution in [2.45, 2.75) is 47.5 Å². The van der Waals surface area contributed by atoms with Crippen molar-refractivity contribution in [1.82, 2.24) is 0 Å². The van der Waals surface area contributed by atoms with Crippen molar-refractivity contribution in [3.63, 3.8) is 0 Å². The lowest BCUT2D eigenvalue weighted by Gasteiger charge is -2.24. The van der Waals surface area contributed by atoms with Gasteiger partial charge in [-0.05, 0) is 50.3 Å². The summed E-state index contributed by atoms with van der Waals surface area (Å²) in [4.78, 5) is 2.38. The molecular weight excluding hydrogens is 266 g/mol. The minimum Gasteiger partial charge on any atom is -0.342 e. The molecule has 1 nitrogen and oxygen atoms in total. The van der Waals surface area contributed by atoms with Gasteiger partial charge in [0.1, 0.15) is 0 Å². The number of hydrogen-bond acceptors (Lipinski definition) is 1. The molecule has 1 aliphatic carbocycles. The van der Waals surface area contributed by atoms with Gasteiger partial charge in [0, 0.05) is 17.9 Å². The largest absolute Gasteiger partial charge is 0.342 e. The first-order valence-corrected chi connectivity index (χ1v) is 8.30. The molecule has 1 heteroatoms. The Bertz CT molecular complexity index is 579. The van der Waals surface area contributed by atoms with E-state index in [4.69, 9.17) is 0 Å². The van der Waals surface area contributed by atoms with Crippen LogP contribution in [-0.4, -0.2) is 6.54 Å². The van der Waals surface area contributed by atoms with Gasteiger partial charge in [0.25, 0.3) is 0 Å². The highest BCUT2D eigenvalue weighted by Crippen LogP contribution is 2.28. The summed E-state index contributed by atoms with van der Waals surface area (Å²) in [5.74, 6) is 0. The van der Waals surface area contributed by atoms with Crippen molar-refractivity contribution in [3.05, 3.63) is 65.4 Å². The van der Waals surface area contributed by atoms with Gasteiger partial charge in [-0.15, -0.1) is 0 Å². The molecule has 0 aromatic heterocycles. The summed E-state index contributed by atoms with van der Waals surface area (Å²) >= 11 is 0. The average molecular weight is 295 g/mol. The molecule has 0 aliphatic heterocycles. The maximum atomic E-state index is 2.38. The van der Waals surface area contributed by atoms with Crippen LogP contribution in [0.2, 0.25) is 0 Å². The van der Waals surface area contributed by atoms with E-state index in [1.807, 2.05) is 0 Å². The Kier molecular flexibility index (Phi) is 5.28. The van der Waals surface area contributed by atoms with Crippen LogP contribution < -0.4 is 4.90 Å². The summed E-state index contributed by atoms with van der Waals surface area (Å²) < 4.78 is 0. The maximum absolute atomic E-state index is 2.38. The molecule has 0 unspecified atom stereocenters. The van der Waals surface area contributed by atoms with Gasteiger partial charge in [-0.1, -0.05) is 62.3 Å². The van der Waals surface area contributed by atoms with E-state index in [-0.39, 0.29) is 0 Å². The standard InChI is InChI=1S/C21H29N/c1-6-22(20-13-10-17(2)11-14-20)19-9-7-8-18(12-15-19)16-21(3,4)5/h8-15H,6-7,16H2,1-5H3. The SMILES string of the molecule is CCN(C1=CCC=C(CC(C)(C)C)C=C1)c1ccc(C)cc1. The van der Waals surface area contributed by atoms with Gasteiger partial charge < -0.3 is 4.90 Å². The highest BCUT2D eigenvalue weighted by molar-refractivity contribution is 5.56. The molecule has 0 N–H and O–H groups in total. The smallest absolute Gasteiger partial charge is 0.0410 e. The number of likely N-dealkylation sites (N-methyl/N-ethyl adjacent to an activating group) is 1. The fraction of sp³-hybridized carbons (Fsp3) is 0.429. The number of allylic oxidation sites excluding steroid dienone is 5. The number of aryl methyl sites for hydroxylation is 1. The summed E-state index contributed by atoms with van der Waals surface area (Å²) in [7, 11) is 0. The molecule has 22 heavy (non-hydrogen) atoms. The summed E-state index contributed by atoms with van der Waals surface area (Å²) in [6, 6.07) is 8.79. The molecule has 0 fully saturated rings. The Morgan fingerprint density at radius 1 is 1.00 bits per heavy atom. The molecule has 0 saturated carbocycles. The Hall–Kier alpha value is -1.76. The minimum atomic E-state index is 0.335. The number of rotatable bonds is 4. The summed E-state index contributed by atoms with van der Waals surface area (Å²) in [5, 5.41) is 0. The van der Waals surface area contributed by atoms with E-state index in [0.717, 1.165) is 19.4 Å². The van der Waals surface area contributed by atoms with E-state index >= 15 is 0 Å². The van der Waals surface area contributed by atoms with E-state index in [1.165, 1.54) is 22.5 Å². The van der Waals surface area contributed by atoms with Crippen LogP contribution in [0.5, 0.6) is 0 Å². The Morgan fingerprint density at radius 3 is 2.27 bits per heavy atom. The van der Waals surface area contributed by atoms with E-state index in [1.54, 1.807) is 0 Å². The lowest BCUT2D eigenvalue weighted by atomic mass is 9.87. The van der Waals surface area contributed by atoms with Crippen molar-refractivity contribution >= 4 is 5.69 Å². The Labute approximate surface area is 136 Å². The minimum absolute atomic E-state index is 0.335. The van der Waals surface area contributed by atoms with Crippen LogP contribution in [0.15, 0.2) is 59.8 Å². The molecule has 0 radical (unpaired) electrons. The third-order valence-electron chi connectivity index (χ3n) is 3.88. The van der Waals surface area contributed by atoms with Crippen LogP contribution in [0, 0.1) is 12.3 Å². The normalized spacial score (nSPS) is 15.1. The Morgan fingerprint density at radius 2 is 1.68 bits per heavy atom. The number of anilines is 1. The van der Waals surface area contributed by atoms with E-state index < -0.39 is 0 Å². The lowest BCUT2D eigenvalue weighted by Crippen LogP contribution is -2.20. The average Bonchev–Trinajstić information content (AvgIpc) is 2.66. The van der Waals surface area contributed by atoms with Crippen molar-refractivity contribution in [2.24, 2.45) is 5.41 Å². The zero-order valence-electron chi connectivity index (χ0n) is 14.7. The molecule has 0 heterocycles. The summed E-state index contributed by atoms with van der Waals surface area (Å²) in [6.07, 6.45) is 11.4. The van der Waals surface area contributed by atoms with E-state index in [0.29, 0.717) is 5.41 Å². The number of nitrogens with zero attached hydrogens (tertiary/aromatic N) is 1. The second-order valence-corrected chi connectivity index (χ2v) is 7.29. The highest BCUT2D eigenvalue weighted by Gasteiger charge is 2.14. The number of hydrogen-bond donors (Lipinski definition) is 0. The first-order chi connectivity index (χ1) is 10.4. The molecule has 0 spiro atoms. The predicted octanol–water partition coefficient (Wildman–Crippen LogP) is 6.03. The van der Waals surface area contributed by atoms with E-state index in [2.05, 4.69) is 88.1 Å². The van der Waals surface area contributed by atoms with Crippen LogP contribution in [0.3, 0.4) is 0 Å². The second-order valence-electron chi connectivity index (χ2n) is 7.29. The lowest BCUT2D eigenvalue weighted by molar-refractivity contribution is 0.413. The molecule has 1 aromatic rings. The van der Waals surface area contributed by atoms with Crippen LogP contribution >= 0.6 is 0 Å². The first-order valence-electron chi connectivity index (χ1n) is 8.30. The van der Waals surface area contributed by atoms with Crippen LogP contribution in [-0.2, 0) is 0 Å². The van der Waals surface area contributed by atoms with Gasteiger partial charge in [-0.3, -0.25) is 0 Å². The second kappa shape index (κ2) is 7.00. The van der Waals surface area contributed by atoms with Gasteiger partial charge in [0.15, 0.2) is 0 Å². The van der Waals surface area contributed by atoms with E-state index in [9.17, 15) is 0 Å². The first kappa shape index (κ1) is 16.6. The van der Waals surface area contributed by atoms with Gasteiger partial charge in [-0.2, -0.15) is 0 Å². The van der Waals surface area contributed by atoms with Crippen molar-refractivity contribution in [2.75, 3.05) is 11.4 Å². The van der Waals surface area contributed by atoms with Gasteiger partial charge >= 0.3 is 0 Å². The van der Waals surface area contributed by atoms with Gasteiger partial charge in [-0.25, -0.2) is 0 Å². The van der Waals surface area contributed by atoms with Crippen LogP contribution in [0.25, 0.3) is 0 Å². The van der Waals surface area contributed by atoms with Crippen molar-refractivity contribution in [3.8, 4) is 0 Å². The molecule has 1 aromatic carbocycles. The summed E-state index contributed by atoms with van der Waals surface area (Å²) in [6.45, 7) is 12.2. The molecular formula is C21H29N. The molecule has 118 valence electrons. The molecule has 0 amide bonds. The number of benzene rings is 1. The molecule has 2 rings (SSSR count). The fourth-order valence-electron chi connectivity index (χ4n) is 2.84. The van der Waals surface area contributed by atoms with Gasteiger partial charge in [0.05, 0.1) is 0 Å². The third-order valence-corrected chi connectivity index (χ3v) is 3.88. The molecule has 0 bridgehead atoms. The topological polar surface area (TPSA) is 3.24 Å². The highest BCUT2D eigenvalue weighted by atomic mass is 15.1. The van der Waals surface area contributed by atoms with Crippen molar-refractivity contribution in [1.29, 1.82) is 0 Å². The maximum Gasteiger partial charge on any atom is 0.0410 e. The van der Waals surface area contributed by atoms with Crippen LogP contribution in [0.4, 0.5) is 5.69 Å². The predicted molar refractivity (Wildman–Crippen MR) is 98.2 cm³/mol. The zero-order chi connectivity index (χ0) is 16.2. The molecule has 1 aliphatic rings. The summed E-state index contributed by atoms with van der Waals surface area (Å²) in [5.41, 5.74) is 5.65. The molecule has 0 atom stereocenters. The monoisotopic (exact) mass is 295 g/mol. The van der Waals surface area contributed by atoms with Crippen LogP contribution in [0.1, 0.15) is 46.1 Å². The quantitative estimate of drug-likeness (QED) is 0.655. The van der Waals surface area contributed by atoms with Gasteiger partial charge in [0.2, 0.25) is 0 Å². The fourth-order valence-corrected chi connectivity index (χ4v) is 2.84. The zero-order valence-corrected chi connectivity index (χ0v) is 14.7. The van der Waals surface area contributed by atoms with Crippen molar-refractivity contribution < 1.29 is 0 Å². The Balaban J connectivity index is 2.17.